The van der Waals surface area contributed by atoms with Gasteiger partial charge in [-0.3, -0.25) is 4.98 Å². The van der Waals surface area contributed by atoms with Gasteiger partial charge in [-0.05, 0) is 12.1 Å². The molecular formula is C10H7F2N3. The Bertz CT molecular complexity index is 537. The van der Waals surface area contributed by atoms with Crippen molar-refractivity contribution in [2.45, 2.75) is 0 Å². The molecule has 2 N–H and O–H groups in total. The molecular weight excluding hydrogens is 200 g/mol. The topological polar surface area (TPSA) is 51.3 Å². The Morgan fingerprint density at radius 1 is 1.40 bits per heavy atom. The van der Waals surface area contributed by atoms with Crippen LogP contribution in [0, 0.1) is 11.6 Å². The highest BCUT2D eigenvalue weighted by atomic mass is 19.1. The molecule has 0 aliphatic carbocycles. The van der Waals surface area contributed by atoms with E-state index in [0.717, 1.165) is 12.3 Å². The van der Waals surface area contributed by atoms with Crippen molar-refractivity contribution in [1.29, 1.82) is 0 Å². The second kappa shape index (κ2) is 3.61. The predicted molar refractivity (Wildman–Crippen MR) is 53.4 cm³/mol. The van der Waals surface area contributed by atoms with Gasteiger partial charge in [0, 0.05) is 17.6 Å². The standard InChI is InChI=1S/C10H7F2N3/c11-8-4-9-6(2-1-3-14-9)10(12)7(8)5-15-13/h1-5H,13H2. The molecule has 0 fully saturated rings. The third kappa shape index (κ3) is 1.52. The Balaban J connectivity index is 2.83. The van der Waals surface area contributed by atoms with Crippen molar-refractivity contribution in [3.8, 4) is 0 Å². The van der Waals surface area contributed by atoms with Gasteiger partial charge in [0.05, 0.1) is 17.3 Å². The molecule has 0 unspecified atom stereocenters. The van der Waals surface area contributed by atoms with E-state index in [4.69, 9.17) is 5.84 Å². The lowest BCUT2D eigenvalue weighted by Gasteiger charge is -2.02. The van der Waals surface area contributed by atoms with E-state index in [-0.39, 0.29) is 16.5 Å². The van der Waals surface area contributed by atoms with Crippen molar-refractivity contribution in [2.75, 3.05) is 0 Å². The lowest BCUT2D eigenvalue weighted by Crippen LogP contribution is -1.98. The van der Waals surface area contributed by atoms with E-state index >= 15 is 0 Å². The first-order valence-electron chi connectivity index (χ1n) is 4.20. The summed E-state index contributed by atoms with van der Waals surface area (Å²) in [5.74, 6) is 3.43. The summed E-state index contributed by atoms with van der Waals surface area (Å²) in [5.41, 5.74) is 0.0136. The first kappa shape index (κ1) is 9.51. The van der Waals surface area contributed by atoms with Crippen LogP contribution in [0.1, 0.15) is 5.56 Å². The van der Waals surface area contributed by atoms with Crippen LogP contribution in [0.2, 0.25) is 0 Å². The van der Waals surface area contributed by atoms with Gasteiger partial charge in [-0.1, -0.05) is 0 Å². The normalized spacial score (nSPS) is 11.3. The number of fused-ring (bicyclic) bond motifs is 1. The van der Waals surface area contributed by atoms with E-state index in [2.05, 4.69) is 10.1 Å². The van der Waals surface area contributed by atoms with Gasteiger partial charge in [-0.2, -0.15) is 5.10 Å². The summed E-state index contributed by atoms with van der Waals surface area (Å²) in [5, 5.41) is 3.35. The summed E-state index contributed by atoms with van der Waals surface area (Å²) >= 11 is 0. The molecule has 0 spiro atoms. The number of aromatic nitrogens is 1. The highest BCUT2D eigenvalue weighted by molar-refractivity contribution is 5.89. The average Bonchev–Trinajstić information content (AvgIpc) is 2.24. The molecule has 1 aromatic heterocycles. The fraction of sp³-hybridized carbons (Fsp3) is 0. The van der Waals surface area contributed by atoms with Crippen molar-refractivity contribution in [3.05, 3.63) is 41.6 Å². The molecule has 1 heterocycles. The largest absolute Gasteiger partial charge is 0.323 e. The number of rotatable bonds is 1. The van der Waals surface area contributed by atoms with Crippen LogP contribution in [0.5, 0.6) is 0 Å². The molecule has 76 valence electrons. The van der Waals surface area contributed by atoms with Crippen molar-refractivity contribution in [3.63, 3.8) is 0 Å². The van der Waals surface area contributed by atoms with Crippen LogP contribution in [0.4, 0.5) is 8.78 Å². The zero-order valence-electron chi connectivity index (χ0n) is 7.61. The van der Waals surface area contributed by atoms with Crippen molar-refractivity contribution in [2.24, 2.45) is 10.9 Å². The quantitative estimate of drug-likeness (QED) is 0.440. The number of halogens is 2. The summed E-state index contributed by atoms with van der Waals surface area (Å²) in [7, 11) is 0. The highest BCUT2D eigenvalue weighted by Crippen LogP contribution is 2.20. The average molecular weight is 207 g/mol. The van der Waals surface area contributed by atoms with Crippen molar-refractivity contribution < 1.29 is 8.78 Å². The Labute approximate surface area is 84.2 Å². The first-order chi connectivity index (χ1) is 7.24. The number of pyridine rings is 1. The van der Waals surface area contributed by atoms with Crippen molar-refractivity contribution >= 4 is 17.1 Å². The van der Waals surface area contributed by atoms with Gasteiger partial charge in [-0.15, -0.1) is 0 Å². The van der Waals surface area contributed by atoms with Gasteiger partial charge in [0.15, 0.2) is 0 Å². The van der Waals surface area contributed by atoms with Crippen molar-refractivity contribution in [1.82, 2.24) is 4.98 Å². The monoisotopic (exact) mass is 207 g/mol. The smallest absolute Gasteiger partial charge is 0.144 e. The van der Waals surface area contributed by atoms with E-state index < -0.39 is 11.6 Å². The summed E-state index contributed by atoms with van der Waals surface area (Å²) in [6.45, 7) is 0. The zero-order valence-corrected chi connectivity index (χ0v) is 7.61. The Hall–Kier alpha value is -2.04. The maximum absolute atomic E-state index is 13.7. The number of benzene rings is 1. The van der Waals surface area contributed by atoms with E-state index in [0.29, 0.717) is 0 Å². The molecule has 0 aliphatic heterocycles. The minimum Gasteiger partial charge on any atom is -0.323 e. The van der Waals surface area contributed by atoms with Gasteiger partial charge in [0.25, 0.3) is 0 Å². The van der Waals surface area contributed by atoms with Gasteiger partial charge >= 0.3 is 0 Å². The summed E-state index contributed by atoms with van der Waals surface area (Å²) in [6, 6.07) is 4.24. The zero-order chi connectivity index (χ0) is 10.8. The Morgan fingerprint density at radius 3 is 2.93 bits per heavy atom. The maximum Gasteiger partial charge on any atom is 0.144 e. The molecule has 0 atom stereocenters. The van der Waals surface area contributed by atoms with E-state index in [1.54, 1.807) is 6.07 Å². The lowest BCUT2D eigenvalue weighted by atomic mass is 10.1. The predicted octanol–water partition coefficient (Wildman–Crippen LogP) is 1.81. The fourth-order valence-electron chi connectivity index (χ4n) is 1.36. The van der Waals surface area contributed by atoms with Crippen LogP contribution in [-0.2, 0) is 0 Å². The second-order valence-corrected chi connectivity index (χ2v) is 2.93. The van der Waals surface area contributed by atoms with Crippen LogP contribution in [0.15, 0.2) is 29.5 Å². The van der Waals surface area contributed by atoms with E-state index in [9.17, 15) is 8.78 Å². The minimum absolute atomic E-state index is 0.244. The van der Waals surface area contributed by atoms with Crippen LogP contribution in [0.3, 0.4) is 0 Å². The third-order valence-electron chi connectivity index (χ3n) is 2.04. The van der Waals surface area contributed by atoms with Gasteiger partial charge in [0.2, 0.25) is 0 Å². The summed E-state index contributed by atoms with van der Waals surface area (Å²) < 4.78 is 27.0. The summed E-state index contributed by atoms with van der Waals surface area (Å²) in [6.07, 6.45) is 2.41. The molecule has 1 aromatic carbocycles. The van der Waals surface area contributed by atoms with Gasteiger partial charge in [0.1, 0.15) is 11.6 Å². The molecule has 3 nitrogen and oxygen atoms in total. The number of hydrazone groups is 1. The second-order valence-electron chi connectivity index (χ2n) is 2.93. The van der Waals surface area contributed by atoms with Gasteiger partial charge < -0.3 is 5.84 Å². The molecule has 5 heteroatoms. The van der Waals surface area contributed by atoms with Crippen LogP contribution in [0.25, 0.3) is 10.9 Å². The Kier molecular flexibility index (Phi) is 2.29. The third-order valence-corrected chi connectivity index (χ3v) is 2.04. The molecule has 0 bridgehead atoms. The van der Waals surface area contributed by atoms with E-state index in [1.807, 2.05) is 0 Å². The molecule has 0 saturated carbocycles. The van der Waals surface area contributed by atoms with Crippen LogP contribution in [-0.4, -0.2) is 11.2 Å². The SMILES string of the molecule is NN=Cc1c(F)cc2ncccc2c1F. The van der Waals surface area contributed by atoms with Crippen LogP contribution < -0.4 is 5.84 Å². The fourth-order valence-corrected chi connectivity index (χ4v) is 1.36. The lowest BCUT2D eigenvalue weighted by molar-refractivity contribution is 0.588. The van der Waals surface area contributed by atoms with E-state index in [1.165, 1.54) is 12.3 Å². The Morgan fingerprint density at radius 2 is 2.20 bits per heavy atom. The number of hydrogen-bond acceptors (Lipinski definition) is 3. The number of nitrogens with zero attached hydrogens (tertiary/aromatic N) is 2. The molecule has 0 aliphatic rings. The van der Waals surface area contributed by atoms with Gasteiger partial charge in [-0.25, -0.2) is 8.78 Å². The molecule has 0 saturated heterocycles. The number of nitrogens with two attached hydrogens (primary N) is 1. The minimum atomic E-state index is -0.729. The molecule has 2 aromatic rings. The van der Waals surface area contributed by atoms with Crippen LogP contribution >= 0.6 is 0 Å². The summed E-state index contributed by atoms with van der Waals surface area (Å²) in [4.78, 5) is 3.85. The maximum atomic E-state index is 13.7. The first-order valence-corrected chi connectivity index (χ1v) is 4.20. The molecule has 0 amide bonds. The highest BCUT2D eigenvalue weighted by Gasteiger charge is 2.11. The number of hydrogen-bond donors (Lipinski definition) is 1. The molecule has 15 heavy (non-hydrogen) atoms. The molecule has 2 rings (SSSR count). The molecule has 0 radical (unpaired) electrons.